The Hall–Kier alpha value is -2.94. The molecule has 0 amide bonds. The van der Waals surface area contributed by atoms with Gasteiger partial charge in [-0.2, -0.15) is 4.99 Å². The molecule has 0 saturated heterocycles. The number of hydrogen-bond acceptors (Lipinski definition) is 2. The highest BCUT2D eigenvalue weighted by molar-refractivity contribution is 7.78. The van der Waals surface area contributed by atoms with Gasteiger partial charge in [0.25, 0.3) is 0 Å². The summed E-state index contributed by atoms with van der Waals surface area (Å²) in [7, 11) is 0. The third-order valence-corrected chi connectivity index (χ3v) is 4.06. The van der Waals surface area contributed by atoms with Crippen molar-refractivity contribution in [2.75, 3.05) is 0 Å². The Bertz CT molecular complexity index is 976. The summed E-state index contributed by atoms with van der Waals surface area (Å²) in [5.74, 6) is -1.53. The van der Waals surface area contributed by atoms with E-state index in [2.05, 4.69) is 41.5 Å². The van der Waals surface area contributed by atoms with Crippen LogP contribution in [0.25, 0.3) is 23.3 Å². The zero-order valence-corrected chi connectivity index (χ0v) is 14.9. The molecule has 0 unspecified atom stereocenters. The molecule has 0 aliphatic carbocycles. The molecule has 0 N–H and O–H groups in total. The maximum atomic E-state index is 14.0. The minimum Gasteiger partial charge on any atom is -0.204 e. The van der Waals surface area contributed by atoms with Gasteiger partial charge in [-0.05, 0) is 53.5 Å². The summed E-state index contributed by atoms with van der Waals surface area (Å²) >= 11 is 4.40. The molecule has 0 atom stereocenters. The van der Waals surface area contributed by atoms with Crippen LogP contribution in [0, 0.1) is 18.6 Å². The number of rotatable bonds is 4. The van der Waals surface area contributed by atoms with Crippen molar-refractivity contribution in [2.24, 2.45) is 4.99 Å². The highest BCUT2D eigenvalue weighted by atomic mass is 32.1. The van der Waals surface area contributed by atoms with Crippen LogP contribution < -0.4 is 0 Å². The Morgan fingerprint density at radius 2 is 1.31 bits per heavy atom. The average Bonchev–Trinajstić information content (AvgIpc) is 2.64. The second kappa shape index (κ2) is 7.96. The number of halogens is 2. The van der Waals surface area contributed by atoms with Crippen LogP contribution in [0.1, 0.15) is 16.7 Å². The Labute approximate surface area is 156 Å². The largest absolute Gasteiger partial charge is 0.204 e. The number of isothiocyanates is 1. The Morgan fingerprint density at radius 1 is 0.808 bits per heavy atom. The number of hydrogen-bond donors (Lipinski definition) is 0. The van der Waals surface area contributed by atoms with Gasteiger partial charge in [0, 0.05) is 0 Å². The number of thiocarbonyl (C=S) groups is 1. The maximum Gasteiger partial charge on any atom is 0.153 e. The minimum atomic E-state index is -0.763. The summed E-state index contributed by atoms with van der Waals surface area (Å²) in [5.41, 5.74) is 4.07. The van der Waals surface area contributed by atoms with Gasteiger partial charge >= 0.3 is 0 Å². The number of aryl methyl sites for hydroxylation is 1. The van der Waals surface area contributed by atoms with Gasteiger partial charge in [0.1, 0.15) is 5.69 Å². The quantitative estimate of drug-likeness (QED) is 0.281. The van der Waals surface area contributed by atoms with Crippen molar-refractivity contribution >= 4 is 35.2 Å². The molecule has 3 aromatic carbocycles. The lowest BCUT2D eigenvalue weighted by atomic mass is 10.0. The molecule has 0 aliphatic rings. The zero-order chi connectivity index (χ0) is 18.5. The second-order valence-corrected chi connectivity index (χ2v) is 6.04. The van der Waals surface area contributed by atoms with Gasteiger partial charge in [-0.15, -0.1) is 0 Å². The molecular weight excluding hydrogens is 348 g/mol. The molecule has 1 nitrogen and oxygen atoms in total. The van der Waals surface area contributed by atoms with E-state index in [0.29, 0.717) is 11.1 Å². The van der Waals surface area contributed by atoms with Crippen molar-refractivity contribution in [3.05, 3.63) is 89.0 Å². The molecule has 3 rings (SSSR count). The molecule has 3 aromatic rings. The Kier molecular flexibility index (Phi) is 5.47. The number of aliphatic imine (C=N–C) groups is 1. The summed E-state index contributed by atoms with van der Waals surface area (Å²) in [5, 5.41) is 1.98. The van der Waals surface area contributed by atoms with Crippen molar-refractivity contribution < 1.29 is 8.78 Å². The van der Waals surface area contributed by atoms with E-state index in [1.807, 2.05) is 48.5 Å². The monoisotopic (exact) mass is 363 g/mol. The zero-order valence-electron chi connectivity index (χ0n) is 14.0. The summed E-state index contributed by atoms with van der Waals surface area (Å²) in [6, 6.07) is 18.2. The van der Waals surface area contributed by atoms with Crippen molar-refractivity contribution in [1.29, 1.82) is 0 Å². The van der Waals surface area contributed by atoms with Gasteiger partial charge in [-0.25, -0.2) is 8.78 Å². The second-order valence-electron chi connectivity index (χ2n) is 5.86. The standard InChI is InChI=1S/C22H15F2NS/c1-15-2-4-16(5-3-15)6-7-17-8-10-18(11-9-17)19-12-20(23)22(25-14-26)21(24)13-19/h2-13H,1H3/b7-6+. The summed E-state index contributed by atoms with van der Waals surface area (Å²) < 4.78 is 27.9. The lowest BCUT2D eigenvalue weighted by molar-refractivity contribution is 0.588. The predicted molar refractivity (Wildman–Crippen MR) is 107 cm³/mol. The van der Waals surface area contributed by atoms with Gasteiger partial charge in [0.05, 0.1) is 5.16 Å². The van der Waals surface area contributed by atoms with Crippen LogP contribution in [0.2, 0.25) is 0 Å². The predicted octanol–water partition coefficient (Wildman–Crippen LogP) is 6.84. The molecular formula is C22H15F2NS. The van der Waals surface area contributed by atoms with Crippen LogP contribution in [-0.4, -0.2) is 5.16 Å². The lowest BCUT2D eigenvalue weighted by Gasteiger charge is -2.05. The van der Waals surface area contributed by atoms with Crippen LogP contribution in [0.5, 0.6) is 0 Å². The van der Waals surface area contributed by atoms with E-state index in [-0.39, 0.29) is 0 Å². The van der Waals surface area contributed by atoms with E-state index in [1.165, 1.54) is 17.7 Å². The molecule has 0 aromatic heterocycles. The molecule has 4 heteroatoms. The fraction of sp³-hybridized carbons (Fsp3) is 0.0455. The Morgan fingerprint density at radius 3 is 1.81 bits per heavy atom. The molecule has 0 heterocycles. The van der Waals surface area contributed by atoms with Gasteiger partial charge < -0.3 is 0 Å². The van der Waals surface area contributed by atoms with Crippen LogP contribution in [-0.2, 0) is 0 Å². The van der Waals surface area contributed by atoms with Crippen LogP contribution >= 0.6 is 12.2 Å². The molecule has 0 aliphatic heterocycles. The van der Waals surface area contributed by atoms with Gasteiger partial charge in [-0.1, -0.05) is 66.2 Å². The van der Waals surface area contributed by atoms with Crippen LogP contribution in [0.4, 0.5) is 14.5 Å². The van der Waals surface area contributed by atoms with Crippen LogP contribution in [0.15, 0.2) is 65.7 Å². The molecule has 26 heavy (non-hydrogen) atoms. The molecule has 0 bridgehead atoms. The van der Waals surface area contributed by atoms with E-state index in [4.69, 9.17) is 0 Å². The fourth-order valence-electron chi connectivity index (χ4n) is 2.54. The summed E-state index contributed by atoms with van der Waals surface area (Å²) in [6.45, 7) is 2.05. The van der Waals surface area contributed by atoms with E-state index < -0.39 is 17.3 Å². The highest BCUT2D eigenvalue weighted by Gasteiger charge is 2.11. The average molecular weight is 363 g/mol. The van der Waals surface area contributed by atoms with Gasteiger partial charge in [-0.3, -0.25) is 0 Å². The molecule has 0 saturated carbocycles. The van der Waals surface area contributed by atoms with E-state index in [1.54, 1.807) is 0 Å². The normalized spacial score (nSPS) is 10.7. The lowest BCUT2D eigenvalue weighted by Crippen LogP contribution is -1.87. The third-order valence-electron chi connectivity index (χ3n) is 3.96. The molecule has 0 fully saturated rings. The first kappa shape index (κ1) is 17.9. The highest BCUT2D eigenvalue weighted by Crippen LogP contribution is 2.29. The molecule has 128 valence electrons. The van der Waals surface area contributed by atoms with E-state index in [9.17, 15) is 8.78 Å². The first-order valence-corrected chi connectivity index (χ1v) is 8.40. The van der Waals surface area contributed by atoms with Gasteiger partial charge in [0.15, 0.2) is 11.6 Å². The summed E-state index contributed by atoms with van der Waals surface area (Å²) in [6.07, 6.45) is 4.01. The third kappa shape index (κ3) is 4.17. The van der Waals surface area contributed by atoms with E-state index >= 15 is 0 Å². The van der Waals surface area contributed by atoms with Crippen molar-refractivity contribution in [1.82, 2.24) is 0 Å². The first-order chi connectivity index (χ1) is 12.6. The molecule has 0 radical (unpaired) electrons. The number of benzene rings is 3. The number of nitrogens with zero attached hydrogens (tertiary/aromatic N) is 1. The van der Waals surface area contributed by atoms with E-state index in [0.717, 1.165) is 11.1 Å². The SMILES string of the molecule is Cc1ccc(/C=C/c2ccc(-c3cc(F)c(N=C=S)c(F)c3)cc2)cc1. The van der Waals surface area contributed by atoms with Crippen molar-refractivity contribution in [2.45, 2.75) is 6.92 Å². The first-order valence-electron chi connectivity index (χ1n) is 7.99. The van der Waals surface area contributed by atoms with Crippen molar-refractivity contribution in [3.8, 4) is 11.1 Å². The summed E-state index contributed by atoms with van der Waals surface area (Å²) in [4.78, 5) is 3.42. The minimum absolute atomic E-state index is 0.415. The topological polar surface area (TPSA) is 12.4 Å². The maximum absolute atomic E-state index is 14.0. The fourth-order valence-corrected chi connectivity index (χ4v) is 2.63. The van der Waals surface area contributed by atoms with Gasteiger partial charge in [0.2, 0.25) is 0 Å². The van der Waals surface area contributed by atoms with Crippen LogP contribution in [0.3, 0.4) is 0 Å². The Balaban J connectivity index is 1.83. The van der Waals surface area contributed by atoms with Crippen molar-refractivity contribution in [3.63, 3.8) is 0 Å². The smallest absolute Gasteiger partial charge is 0.153 e. The molecule has 0 spiro atoms.